The Morgan fingerprint density at radius 3 is 2.56 bits per heavy atom. The summed E-state index contributed by atoms with van der Waals surface area (Å²) in [6.45, 7) is 8.56. The molecule has 7 nitrogen and oxygen atoms in total. The van der Waals surface area contributed by atoms with Crippen molar-refractivity contribution in [1.29, 1.82) is 0 Å². The van der Waals surface area contributed by atoms with Gasteiger partial charge in [-0.25, -0.2) is 4.99 Å². The molecule has 2 aromatic rings. The zero-order valence-electron chi connectivity index (χ0n) is 15.8. The van der Waals surface area contributed by atoms with Crippen molar-refractivity contribution in [3.05, 3.63) is 34.9 Å². The van der Waals surface area contributed by atoms with E-state index in [4.69, 9.17) is 4.99 Å². The fourth-order valence-corrected chi connectivity index (χ4v) is 2.65. The highest BCUT2D eigenvalue weighted by Gasteiger charge is 2.08. The van der Waals surface area contributed by atoms with Gasteiger partial charge in [-0.05, 0) is 39.2 Å². The van der Waals surface area contributed by atoms with E-state index in [0.717, 1.165) is 37.6 Å². The first kappa shape index (κ1) is 21.5. The Labute approximate surface area is 167 Å². The zero-order valence-corrected chi connectivity index (χ0v) is 18.2. The second kappa shape index (κ2) is 10.4. The van der Waals surface area contributed by atoms with Gasteiger partial charge in [0.05, 0.1) is 18.4 Å². The molecule has 2 rings (SSSR count). The second-order valence-electron chi connectivity index (χ2n) is 6.02. The number of guanidine groups is 1. The van der Waals surface area contributed by atoms with Gasteiger partial charge in [0, 0.05) is 44.6 Å². The van der Waals surface area contributed by atoms with Gasteiger partial charge in [-0.15, -0.1) is 24.0 Å². The van der Waals surface area contributed by atoms with Crippen LogP contribution in [-0.2, 0) is 27.1 Å². The van der Waals surface area contributed by atoms with Crippen LogP contribution in [0.3, 0.4) is 0 Å². The van der Waals surface area contributed by atoms with Crippen LogP contribution in [0.25, 0.3) is 0 Å². The molecule has 0 aliphatic carbocycles. The lowest BCUT2D eigenvalue weighted by Gasteiger charge is -2.11. The highest BCUT2D eigenvalue weighted by atomic mass is 127. The normalized spacial score (nSPS) is 11.3. The van der Waals surface area contributed by atoms with Crippen LogP contribution < -0.4 is 10.6 Å². The van der Waals surface area contributed by atoms with Crippen molar-refractivity contribution in [3.63, 3.8) is 0 Å². The highest BCUT2D eigenvalue weighted by Crippen LogP contribution is 2.12. The first-order valence-electron chi connectivity index (χ1n) is 8.50. The van der Waals surface area contributed by atoms with Crippen molar-refractivity contribution in [2.75, 3.05) is 13.1 Å². The maximum atomic E-state index is 4.69. The van der Waals surface area contributed by atoms with Crippen LogP contribution in [0.4, 0.5) is 0 Å². The number of nitrogens with one attached hydrogen (secondary N) is 2. The Balaban J connectivity index is 0.00000312. The molecule has 140 valence electrons. The van der Waals surface area contributed by atoms with E-state index in [1.54, 1.807) is 0 Å². The summed E-state index contributed by atoms with van der Waals surface area (Å²) < 4.78 is 3.75. The molecule has 2 N–H and O–H groups in total. The van der Waals surface area contributed by atoms with Crippen LogP contribution in [0.1, 0.15) is 35.9 Å². The van der Waals surface area contributed by atoms with Crippen LogP contribution in [0.15, 0.2) is 17.4 Å². The number of aryl methyl sites for hydroxylation is 4. The number of hydrogen-bond donors (Lipinski definition) is 2. The number of nitrogens with zero attached hydrogens (tertiary/aromatic N) is 5. The van der Waals surface area contributed by atoms with E-state index in [1.807, 2.05) is 36.6 Å². The van der Waals surface area contributed by atoms with Gasteiger partial charge in [-0.2, -0.15) is 10.2 Å². The number of aromatic nitrogens is 4. The van der Waals surface area contributed by atoms with Gasteiger partial charge in [0.25, 0.3) is 0 Å². The molecule has 0 aliphatic heterocycles. The lowest BCUT2D eigenvalue weighted by molar-refractivity contribution is 0.729. The molecule has 0 fully saturated rings. The number of hydrogen-bond acceptors (Lipinski definition) is 3. The maximum absolute atomic E-state index is 4.69. The first-order valence-corrected chi connectivity index (χ1v) is 8.50. The smallest absolute Gasteiger partial charge is 0.191 e. The summed E-state index contributed by atoms with van der Waals surface area (Å²) in [4.78, 5) is 4.69. The van der Waals surface area contributed by atoms with Crippen molar-refractivity contribution >= 4 is 29.9 Å². The van der Waals surface area contributed by atoms with Gasteiger partial charge in [-0.3, -0.25) is 9.36 Å². The van der Waals surface area contributed by atoms with Gasteiger partial charge >= 0.3 is 0 Å². The molecule has 0 unspecified atom stereocenters. The molecule has 0 aliphatic rings. The second-order valence-corrected chi connectivity index (χ2v) is 6.02. The Bertz CT molecular complexity index is 687. The number of halogens is 1. The molecule has 0 spiro atoms. The lowest BCUT2D eigenvalue weighted by atomic mass is 10.2. The molecule has 2 aromatic heterocycles. The highest BCUT2D eigenvalue weighted by molar-refractivity contribution is 14.0. The fraction of sp³-hybridized carbons (Fsp3) is 0.588. The minimum absolute atomic E-state index is 0. The summed E-state index contributed by atoms with van der Waals surface area (Å²) in [5, 5.41) is 15.3. The summed E-state index contributed by atoms with van der Waals surface area (Å²) >= 11 is 0. The average Bonchev–Trinajstić information content (AvgIpc) is 3.06. The van der Waals surface area contributed by atoms with Gasteiger partial charge in [-0.1, -0.05) is 0 Å². The van der Waals surface area contributed by atoms with Crippen LogP contribution in [0.5, 0.6) is 0 Å². The molecular formula is C17H30IN7. The maximum Gasteiger partial charge on any atom is 0.191 e. The van der Waals surface area contributed by atoms with Crippen molar-refractivity contribution in [2.24, 2.45) is 19.1 Å². The molecule has 8 heteroatoms. The third-order valence-electron chi connectivity index (χ3n) is 4.09. The summed E-state index contributed by atoms with van der Waals surface area (Å²) in [6, 6.07) is 0. The van der Waals surface area contributed by atoms with Gasteiger partial charge < -0.3 is 10.6 Å². The molecule has 0 atom stereocenters. The fourth-order valence-electron chi connectivity index (χ4n) is 2.65. The van der Waals surface area contributed by atoms with E-state index in [9.17, 15) is 0 Å². The van der Waals surface area contributed by atoms with Crippen LogP contribution in [-0.4, -0.2) is 38.6 Å². The molecule has 25 heavy (non-hydrogen) atoms. The van der Waals surface area contributed by atoms with Crippen LogP contribution in [0.2, 0.25) is 0 Å². The van der Waals surface area contributed by atoms with Gasteiger partial charge in [0.2, 0.25) is 0 Å². The summed E-state index contributed by atoms with van der Waals surface area (Å²) in [5.41, 5.74) is 4.68. The standard InChI is InChI=1S/C17H29N7.HI/c1-6-18-17(19-9-7-8-15-10-21-23(4)12-15)20-11-16-13(2)22-24(5)14(16)3;/h10,12H,6-9,11H2,1-5H3,(H2,18,19,20);1H. The number of aliphatic imine (C=N–C) groups is 1. The Kier molecular flexibility index (Phi) is 8.95. The van der Waals surface area contributed by atoms with E-state index in [1.165, 1.54) is 16.8 Å². The first-order chi connectivity index (χ1) is 11.5. The van der Waals surface area contributed by atoms with Crippen molar-refractivity contribution < 1.29 is 0 Å². The van der Waals surface area contributed by atoms with E-state index >= 15 is 0 Å². The topological polar surface area (TPSA) is 72.1 Å². The van der Waals surface area contributed by atoms with Gasteiger partial charge in [0.15, 0.2) is 5.96 Å². The minimum atomic E-state index is 0. The lowest BCUT2D eigenvalue weighted by Crippen LogP contribution is -2.37. The molecular weight excluding hydrogens is 429 g/mol. The Hall–Kier alpha value is -1.58. The van der Waals surface area contributed by atoms with Crippen molar-refractivity contribution in [1.82, 2.24) is 30.2 Å². The predicted molar refractivity (Wildman–Crippen MR) is 112 cm³/mol. The zero-order chi connectivity index (χ0) is 17.5. The quantitative estimate of drug-likeness (QED) is 0.288. The van der Waals surface area contributed by atoms with Crippen LogP contribution >= 0.6 is 24.0 Å². The molecule has 0 saturated carbocycles. The molecule has 2 heterocycles. The Morgan fingerprint density at radius 1 is 1.24 bits per heavy atom. The predicted octanol–water partition coefficient (Wildman–Crippen LogP) is 2.08. The summed E-state index contributed by atoms with van der Waals surface area (Å²) in [6.07, 6.45) is 6.04. The molecule has 0 amide bonds. The minimum Gasteiger partial charge on any atom is -0.357 e. The van der Waals surface area contributed by atoms with E-state index < -0.39 is 0 Å². The monoisotopic (exact) mass is 459 g/mol. The van der Waals surface area contributed by atoms with E-state index in [-0.39, 0.29) is 24.0 Å². The largest absolute Gasteiger partial charge is 0.357 e. The summed E-state index contributed by atoms with van der Waals surface area (Å²) in [7, 11) is 3.91. The van der Waals surface area contributed by atoms with Crippen molar-refractivity contribution in [2.45, 2.75) is 40.2 Å². The van der Waals surface area contributed by atoms with Gasteiger partial charge in [0.1, 0.15) is 0 Å². The molecule has 0 bridgehead atoms. The molecule has 0 saturated heterocycles. The van der Waals surface area contributed by atoms with Crippen molar-refractivity contribution in [3.8, 4) is 0 Å². The number of rotatable bonds is 7. The summed E-state index contributed by atoms with van der Waals surface area (Å²) in [5.74, 6) is 0.853. The van der Waals surface area contributed by atoms with E-state index in [0.29, 0.717) is 6.54 Å². The molecule has 0 aromatic carbocycles. The van der Waals surface area contributed by atoms with Crippen LogP contribution in [0, 0.1) is 13.8 Å². The SMILES string of the molecule is CCNC(=NCc1c(C)nn(C)c1C)NCCCc1cnn(C)c1.I. The molecule has 0 radical (unpaired) electrons. The third-order valence-corrected chi connectivity index (χ3v) is 4.09. The average molecular weight is 459 g/mol. The van der Waals surface area contributed by atoms with E-state index in [2.05, 4.69) is 40.9 Å². The third kappa shape index (κ3) is 6.33. The Morgan fingerprint density at radius 2 is 2.00 bits per heavy atom.